The molecule has 82 valence electrons. The van der Waals surface area contributed by atoms with Crippen LogP contribution in [-0.4, -0.2) is 15.1 Å². The van der Waals surface area contributed by atoms with Crippen molar-refractivity contribution in [3.05, 3.63) is 41.0 Å². The Bertz CT molecular complexity index is 496. The molecule has 0 amide bonds. The number of rotatable bonds is 2. The van der Waals surface area contributed by atoms with E-state index in [4.69, 9.17) is 22.4 Å². The van der Waals surface area contributed by atoms with E-state index in [1.807, 2.05) is 24.3 Å². The van der Waals surface area contributed by atoms with Crippen LogP contribution in [0.2, 0.25) is 5.15 Å². The van der Waals surface area contributed by atoms with Crippen LogP contribution in [0.5, 0.6) is 0 Å². The lowest BCUT2D eigenvalue weighted by atomic mass is 10.1. The zero-order valence-electron chi connectivity index (χ0n) is 8.39. The third kappa shape index (κ3) is 2.29. The molecular weight excluding hydrogens is 226 g/mol. The lowest BCUT2D eigenvalue weighted by Crippen LogP contribution is -1.96. The summed E-state index contributed by atoms with van der Waals surface area (Å²) in [5, 5.41) is 9.34. The molecule has 0 fully saturated rings. The largest absolute Gasteiger partial charge is 0.392 e. The molecule has 0 spiro atoms. The molecule has 0 aliphatic carbocycles. The van der Waals surface area contributed by atoms with E-state index < -0.39 is 0 Å². The summed E-state index contributed by atoms with van der Waals surface area (Å²) in [6.07, 6.45) is 0. The highest BCUT2D eigenvalue weighted by molar-refractivity contribution is 6.29. The molecule has 0 aliphatic heterocycles. The number of halogens is 1. The molecule has 0 radical (unpaired) electrons. The van der Waals surface area contributed by atoms with Gasteiger partial charge in [0.15, 0.2) is 0 Å². The molecule has 3 N–H and O–H groups in total. The lowest BCUT2D eigenvalue weighted by molar-refractivity contribution is 0.282. The third-order valence-corrected chi connectivity index (χ3v) is 2.31. The third-order valence-electron chi connectivity index (χ3n) is 2.12. The Morgan fingerprint density at radius 3 is 2.75 bits per heavy atom. The predicted molar refractivity (Wildman–Crippen MR) is 62.8 cm³/mol. The van der Waals surface area contributed by atoms with Crippen LogP contribution >= 0.6 is 11.6 Å². The topological polar surface area (TPSA) is 72.0 Å². The second-order valence-electron chi connectivity index (χ2n) is 3.29. The van der Waals surface area contributed by atoms with Gasteiger partial charge in [-0.05, 0) is 11.6 Å². The molecular formula is C11H10ClN3O. The number of benzene rings is 1. The summed E-state index contributed by atoms with van der Waals surface area (Å²) in [4.78, 5) is 7.87. The first-order chi connectivity index (χ1) is 7.69. The van der Waals surface area contributed by atoms with Crippen LogP contribution in [0.15, 0.2) is 30.3 Å². The summed E-state index contributed by atoms with van der Waals surface area (Å²) in [6.45, 7) is -0.0118. The number of aromatic nitrogens is 2. The lowest BCUT2D eigenvalue weighted by Gasteiger charge is -2.04. The van der Waals surface area contributed by atoms with E-state index >= 15 is 0 Å². The molecule has 1 aromatic carbocycles. The summed E-state index contributed by atoms with van der Waals surface area (Å²) in [5.74, 6) is 0.136. The molecule has 2 rings (SSSR count). The minimum atomic E-state index is -0.0118. The van der Waals surface area contributed by atoms with Crippen LogP contribution < -0.4 is 5.73 Å². The van der Waals surface area contributed by atoms with Crippen molar-refractivity contribution in [2.24, 2.45) is 0 Å². The molecule has 0 saturated heterocycles. The highest BCUT2D eigenvalue weighted by atomic mass is 35.5. The maximum Gasteiger partial charge on any atom is 0.221 e. The molecule has 0 unspecified atom stereocenters. The Morgan fingerprint density at radius 1 is 1.25 bits per heavy atom. The van der Waals surface area contributed by atoms with Crippen molar-refractivity contribution in [1.82, 2.24) is 9.97 Å². The summed E-state index contributed by atoms with van der Waals surface area (Å²) < 4.78 is 0. The van der Waals surface area contributed by atoms with E-state index in [1.165, 1.54) is 0 Å². The standard InChI is InChI=1S/C11H10ClN3O/c12-10-5-9(14-11(13)15-10)8-3-1-2-7(4-8)6-16/h1-5,16H,6H2,(H2,13,14,15). The molecule has 4 nitrogen and oxygen atoms in total. The van der Waals surface area contributed by atoms with E-state index in [1.54, 1.807) is 6.07 Å². The van der Waals surface area contributed by atoms with Crippen LogP contribution in [0.25, 0.3) is 11.3 Å². The predicted octanol–water partition coefficient (Wildman–Crippen LogP) is 1.87. The maximum absolute atomic E-state index is 9.03. The number of nitrogens with two attached hydrogens (primary N) is 1. The Labute approximate surface area is 97.7 Å². The van der Waals surface area contributed by atoms with Gasteiger partial charge in [0.05, 0.1) is 12.3 Å². The maximum atomic E-state index is 9.03. The first-order valence-corrected chi connectivity index (χ1v) is 5.07. The molecule has 16 heavy (non-hydrogen) atoms. The van der Waals surface area contributed by atoms with Gasteiger partial charge < -0.3 is 10.8 Å². The van der Waals surface area contributed by atoms with Crippen molar-refractivity contribution in [3.8, 4) is 11.3 Å². The normalized spacial score (nSPS) is 10.4. The van der Waals surface area contributed by atoms with E-state index in [2.05, 4.69) is 9.97 Å². The average molecular weight is 236 g/mol. The van der Waals surface area contributed by atoms with Gasteiger partial charge in [-0.25, -0.2) is 9.97 Å². The van der Waals surface area contributed by atoms with Crippen molar-refractivity contribution in [2.75, 3.05) is 5.73 Å². The van der Waals surface area contributed by atoms with Crippen molar-refractivity contribution in [3.63, 3.8) is 0 Å². The summed E-state index contributed by atoms with van der Waals surface area (Å²) in [5.41, 5.74) is 7.82. The van der Waals surface area contributed by atoms with E-state index in [0.29, 0.717) is 10.8 Å². The minimum Gasteiger partial charge on any atom is -0.392 e. The highest BCUT2D eigenvalue weighted by Crippen LogP contribution is 2.21. The molecule has 0 atom stereocenters. The van der Waals surface area contributed by atoms with Gasteiger partial charge in [-0.2, -0.15) is 0 Å². The highest BCUT2D eigenvalue weighted by Gasteiger charge is 2.04. The number of nitrogens with zero attached hydrogens (tertiary/aromatic N) is 2. The van der Waals surface area contributed by atoms with E-state index in [0.717, 1.165) is 11.1 Å². The van der Waals surface area contributed by atoms with E-state index in [-0.39, 0.29) is 12.6 Å². The van der Waals surface area contributed by atoms with Gasteiger partial charge in [0.25, 0.3) is 0 Å². The van der Waals surface area contributed by atoms with Crippen molar-refractivity contribution in [1.29, 1.82) is 0 Å². The minimum absolute atomic E-state index is 0.0118. The molecule has 5 heteroatoms. The fourth-order valence-corrected chi connectivity index (χ4v) is 1.60. The van der Waals surface area contributed by atoms with Crippen LogP contribution in [0.4, 0.5) is 5.95 Å². The monoisotopic (exact) mass is 235 g/mol. The zero-order chi connectivity index (χ0) is 11.5. The van der Waals surface area contributed by atoms with E-state index in [9.17, 15) is 0 Å². The molecule has 2 aromatic rings. The summed E-state index contributed by atoms with van der Waals surface area (Å²) >= 11 is 5.79. The van der Waals surface area contributed by atoms with Crippen LogP contribution in [0.1, 0.15) is 5.56 Å². The van der Waals surface area contributed by atoms with Gasteiger partial charge in [0.2, 0.25) is 5.95 Å². The first kappa shape index (κ1) is 10.9. The van der Waals surface area contributed by atoms with Gasteiger partial charge >= 0.3 is 0 Å². The Balaban J connectivity index is 2.49. The Hall–Kier alpha value is -1.65. The molecule has 0 saturated carbocycles. The molecule has 1 heterocycles. The van der Waals surface area contributed by atoms with Crippen molar-refractivity contribution in [2.45, 2.75) is 6.61 Å². The van der Waals surface area contributed by atoms with Crippen LogP contribution in [-0.2, 0) is 6.61 Å². The Morgan fingerprint density at radius 2 is 2.06 bits per heavy atom. The van der Waals surface area contributed by atoms with Crippen molar-refractivity contribution >= 4 is 17.5 Å². The number of anilines is 1. The zero-order valence-corrected chi connectivity index (χ0v) is 9.15. The number of aliphatic hydroxyl groups excluding tert-OH is 1. The number of hydrogen-bond acceptors (Lipinski definition) is 4. The van der Waals surface area contributed by atoms with Gasteiger partial charge in [-0.1, -0.05) is 29.8 Å². The number of hydrogen-bond donors (Lipinski definition) is 2. The smallest absolute Gasteiger partial charge is 0.221 e. The Kier molecular flexibility index (Phi) is 3.03. The SMILES string of the molecule is Nc1nc(Cl)cc(-c2cccc(CO)c2)n1. The first-order valence-electron chi connectivity index (χ1n) is 4.69. The molecule has 1 aromatic heterocycles. The average Bonchev–Trinajstić information content (AvgIpc) is 2.28. The molecule has 0 bridgehead atoms. The van der Waals surface area contributed by atoms with Gasteiger partial charge in [-0.15, -0.1) is 0 Å². The quantitative estimate of drug-likeness (QED) is 0.780. The van der Waals surface area contributed by atoms with Crippen LogP contribution in [0.3, 0.4) is 0 Å². The van der Waals surface area contributed by atoms with Crippen molar-refractivity contribution < 1.29 is 5.11 Å². The number of nitrogen functional groups attached to an aromatic ring is 1. The second-order valence-corrected chi connectivity index (χ2v) is 3.68. The van der Waals surface area contributed by atoms with Gasteiger partial charge in [-0.3, -0.25) is 0 Å². The number of aliphatic hydroxyl groups is 1. The summed E-state index contributed by atoms with van der Waals surface area (Å²) in [6, 6.07) is 9.01. The molecule has 0 aliphatic rings. The van der Waals surface area contributed by atoms with Gasteiger partial charge in [0.1, 0.15) is 5.15 Å². The summed E-state index contributed by atoms with van der Waals surface area (Å²) in [7, 11) is 0. The fraction of sp³-hybridized carbons (Fsp3) is 0.0909. The second kappa shape index (κ2) is 4.47. The van der Waals surface area contributed by atoms with Gasteiger partial charge in [0, 0.05) is 11.6 Å². The fourth-order valence-electron chi connectivity index (χ4n) is 1.41. The van der Waals surface area contributed by atoms with Crippen LogP contribution in [0, 0.1) is 0 Å².